The number of pyridine rings is 2. The van der Waals surface area contributed by atoms with Crippen molar-refractivity contribution in [1.82, 2.24) is 25.1 Å². The zero-order chi connectivity index (χ0) is 23.7. The summed E-state index contributed by atoms with van der Waals surface area (Å²) in [5, 5.41) is 15.2. The van der Waals surface area contributed by atoms with Gasteiger partial charge >= 0.3 is 6.09 Å². The van der Waals surface area contributed by atoms with Crippen molar-refractivity contribution in [3.8, 4) is 0 Å². The fraction of sp³-hybridized carbons (Fsp3) is 0.520. The monoisotopic (exact) mass is 463 g/mol. The average Bonchev–Trinajstić information content (AvgIpc) is 3.22. The van der Waals surface area contributed by atoms with Crippen LogP contribution in [0.3, 0.4) is 0 Å². The van der Waals surface area contributed by atoms with Crippen LogP contribution in [0.15, 0.2) is 30.5 Å². The van der Waals surface area contributed by atoms with Gasteiger partial charge in [-0.15, -0.1) is 0 Å². The van der Waals surface area contributed by atoms with Gasteiger partial charge < -0.3 is 20.3 Å². The number of nitrogens with one attached hydrogen (secondary N) is 3. The standard InChI is InChI=1S/C25H33N7O2/c1-4-16(3)34-25(33)32-18-7-5-8-19(32)13-17(12-18)27-24-20-9-6-10-26-21(20)14-22(29-24)28-23-11-15(2)30-31-23/h6,9-11,14,16-19H,4-5,7-8,12-13H2,1-3H3,(H3,27,28,29,30,31)/t16?,17?,18-,19+. The number of fused-ring (bicyclic) bond motifs is 3. The summed E-state index contributed by atoms with van der Waals surface area (Å²) in [6, 6.07) is 8.46. The zero-order valence-electron chi connectivity index (χ0n) is 20.0. The minimum atomic E-state index is -0.157. The van der Waals surface area contributed by atoms with E-state index in [2.05, 4.69) is 25.8 Å². The van der Waals surface area contributed by atoms with E-state index in [-0.39, 0.29) is 30.3 Å². The van der Waals surface area contributed by atoms with Gasteiger partial charge in [-0.2, -0.15) is 5.10 Å². The van der Waals surface area contributed by atoms with Gasteiger partial charge in [0.25, 0.3) is 0 Å². The second kappa shape index (κ2) is 9.48. The Kier molecular flexibility index (Phi) is 6.26. The first-order chi connectivity index (χ1) is 16.5. The fourth-order valence-electron chi connectivity index (χ4n) is 5.17. The zero-order valence-corrected chi connectivity index (χ0v) is 20.0. The predicted molar refractivity (Wildman–Crippen MR) is 132 cm³/mol. The molecule has 5 heterocycles. The van der Waals surface area contributed by atoms with Crippen molar-refractivity contribution in [2.45, 2.75) is 83.5 Å². The van der Waals surface area contributed by atoms with Gasteiger partial charge in [-0.25, -0.2) is 9.78 Å². The fourth-order valence-corrected chi connectivity index (χ4v) is 5.17. The Labute approximate surface area is 199 Å². The van der Waals surface area contributed by atoms with E-state index in [1.165, 1.54) is 0 Å². The third kappa shape index (κ3) is 4.64. The van der Waals surface area contributed by atoms with Gasteiger partial charge in [-0.05, 0) is 64.5 Å². The van der Waals surface area contributed by atoms with E-state index >= 15 is 0 Å². The van der Waals surface area contributed by atoms with Crippen molar-refractivity contribution in [2.24, 2.45) is 0 Å². The summed E-state index contributed by atoms with van der Waals surface area (Å²) in [4.78, 5) is 24.3. The van der Waals surface area contributed by atoms with Crippen molar-refractivity contribution in [1.29, 1.82) is 0 Å². The molecular weight excluding hydrogens is 430 g/mol. The molecule has 2 aliphatic heterocycles. The van der Waals surface area contributed by atoms with E-state index in [9.17, 15) is 4.79 Å². The SMILES string of the molecule is CCC(C)OC(=O)N1[C@@H]2CCC[C@H]1CC(Nc1nc(Nc3cc(C)[nH]n3)cc3ncccc13)C2. The first-order valence-electron chi connectivity index (χ1n) is 12.3. The highest BCUT2D eigenvalue weighted by Gasteiger charge is 2.42. The number of hydrogen-bond acceptors (Lipinski definition) is 7. The number of aryl methyl sites for hydroxylation is 1. The lowest BCUT2D eigenvalue weighted by Crippen LogP contribution is -2.57. The lowest BCUT2D eigenvalue weighted by Gasteiger charge is -2.48. The van der Waals surface area contributed by atoms with Gasteiger partial charge in [-0.3, -0.25) is 10.1 Å². The molecule has 2 bridgehead atoms. The van der Waals surface area contributed by atoms with Gasteiger partial charge in [0, 0.05) is 47.5 Å². The van der Waals surface area contributed by atoms with Crippen LogP contribution in [0.25, 0.3) is 10.9 Å². The molecule has 180 valence electrons. The molecule has 5 rings (SSSR count). The molecule has 2 fully saturated rings. The molecule has 0 aromatic carbocycles. The summed E-state index contributed by atoms with van der Waals surface area (Å²) in [6.07, 6.45) is 7.35. The maximum Gasteiger partial charge on any atom is 0.410 e. The molecule has 0 spiro atoms. The average molecular weight is 464 g/mol. The topological polar surface area (TPSA) is 108 Å². The molecule has 1 amide bonds. The summed E-state index contributed by atoms with van der Waals surface area (Å²) >= 11 is 0. The van der Waals surface area contributed by atoms with Gasteiger partial charge in [0.2, 0.25) is 0 Å². The third-order valence-electron chi connectivity index (χ3n) is 6.96. The Morgan fingerprint density at radius 3 is 2.76 bits per heavy atom. The number of amides is 1. The van der Waals surface area contributed by atoms with Gasteiger partial charge in [0.1, 0.15) is 17.7 Å². The second-order valence-electron chi connectivity index (χ2n) is 9.55. The van der Waals surface area contributed by atoms with Crippen LogP contribution in [0.5, 0.6) is 0 Å². The number of anilines is 3. The van der Waals surface area contributed by atoms with Crippen molar-refractivity contribution >= 4 is 34.4 Å². The minimum Gasteiger partial charge on any atom is -0.446 e. The number of piperidine rings is 2. The lowest BCUT2D eigenvalue weighted by molar-refractivity contribution is 0.00399. The van der Waals surface area contributed by atoms with E-state index in [1.807, 2.05) is 49.9 Å². The number of nitrogens with zero attached hydrogens (tertiary/aromatic N) is 4. The molecule has 2 saturated heterocycles. The Bertz CT molecular complexity index is 1150. The summed E-state index contributed by atoms with van der Waals surface area (Å²) < 4.78 is 5.69. The van der Waals surface area contributed by atoms with E-state index < -0.39 is 0 Å². The first-order valence-corrected chi connectivity index (χ1v) is 12.3. The number of aromatic nitrogens is 4. The Morgan fingerprint density at radius 2 is 2.06 bits per heavy atom. The van der Waals surface area contributed by atoms with Gasteiger partial charge in [-0.1, -0.05) is 6.92 Å². The number of carbonyl (C=O) groups is 1. The molecular formula is C25H33N7O2. The van der Waals surface area contributed by atoms with Crippen LogP contribution in [0.2, 0.25) is 0 Å². The Balaban J connectivity index is 1.36. The molecule has 0 radical (unpaired) electrons. The summed E-state index contributed by atoms with van der Waals surface area (Å²) in [5.74, 6) is 2.21. The Hall–Kier alpha value is -3.36. The second-order valence-corrected chi connectivity index (χ2v) is 9.55. The quantitative estimate of drug-likeness (QED) is 0.465. The normalized spacial score (nSPS) is 22.9. The molecule has 3 N–H and O–H groups in total. The third-order valence-corrected chi connectivity index (χ3v) is 6.96. The minimum absolute atomic E-state index is 0.0549. The van der Waals surface area contributed by atoms with Crippen molar-refractivity contribution in [3.05, 3.63) is 36.2 Å². The molecule has 9 nitrogen and oxygen atoms in total. The molecule has 3 aromatic heterocycles. The van der Waals surface area contributed by atoms with Gasteiger partial charge in [0.15, 0.2) is 5.82 Å². The largest absolute Gasteiger partial charge is 0.446 e. The number of aromatic amines is 1. The number of rotatable bonds is 6. The molecule has 0 saturated carbocycles. The van der Waals surface area contributed by atoms with E-state index in [0.29, 0.717) is 11.6 Å². The maximum absolute atomic E-state index is 12.9. The highest BCUT2D eigenvalue weighted by atomic mass is 16.6. The van der Waals surface area contributed by atoms with Crippen molar-refractivity contribution in [2.75, 3.05) is 10.6 Å². The highest BCUT2D eigenvalue weighted by molar-refractivity contribution is 5.91. The van der Waals surface area contributed by atoms with Crippen LogP contribution in [0.1, 0.15) is 58.1 Å². The molecule has 2 unspecified atom stereocenters. The summed E-state index contributed by atoms with van der Waals surface area (Å²) in [6.45, 7) is 5.96. The molecule has 0 aliphatic carbocycles. The van der Waals surface area contributed by atoms with Crippen LogP contribution >= 0.6 is 0 Å². The smallest absolute Gasteiger partial charge is 0.410 e. The molecule has 3 aromatic rings. The first kappa shape index (κ1) is 22.4. The predicted octanol–water partition coefficient (Wildman–Crippen LogP) is 5.14. The van der Waals surface area contributed by atoms with Gasteiger partial charge in [0.05, 0.1) is 5.52 Å². The number of H-pyrrole nitrogens is 1. The van der Waals surface area contributed by atoms with E-state index in [0.717, 1.165) is 60.9 Å². The summed E-state index contributed by atoms with van der Waals surface area (Å²) in [5.41, 5.74) is 1.84. The summed E-state index contributed by atoms with van der Waals surface area (Å²) in [7, 11) is 0. The van der Waals surface area contributed by atoms with Crippen LogP contribution in [-0.2, 0) is 4.74 Å². The van der Waals surface area contributed by atoms with Crippen LogP contribution < -0.4 is 10.6 Å². The maximum atomic E-state index is 12.9. The van der Waals surface area contributed by atoms with Crippen molar-refractivity contribution in [3.63, 3.8) is 0 Å². The number of carbonyl (C=O) groups excluding carboxylic acids is 1. The van der Waals surface area contributed by atoms with Crippen molar-refractivity contribution < 1.29 is 9.53 Å². The molecule has 34 heavy (non-hydrogen) atoms. The number of ether oxygens (including phenoxy) is 1. The molecule has 2 aliphatic rings. The van der Waals surface area contributed by atoms with E-state index in [1.54, 1.807) is 6.20 Å². The molecule has 4 atom stereocenters. The Morgan fingerprint density at radius 1 is 1.26 bits per heavy atom. The van der Waals surface area contributed by atoms with Crippen LogP contribution in [0.4, 0.5) is 22.2 Å². The highest BCUT2D eigenvalue weighted by Crippen LogP contribution is 2.37. The van der Waals surface area contributed by atoms with Crippen LogP contribution in [0, 0.1) is 6.92 Å². The van der Waals surface area contributed by atoms with Crippen LogP contribution in [-0.4, -0.2) is 55.4 Å². The molecule has 9 heteroatoms. The lowest BCUT2D eigenvalue weighted by atomic mass is 9.82. The number of hydrogen-bond donors (Lipinski definition) is 3. The van der Waals surface area contributed by atoms with E-state index in [4.69, 9.17) is 9.72 Å².